The molecule has 0 unspecified atom stereocenters. The highest BCUT2D eigenvalue weighted by Gasteiger charge is 2.22. The van der Waals surface area contributed by atoms with E-state index in [0.717, 1.165) is 102 Å². The first-order valence-corrected chi connectivity index (χ1v) is 12.3. The number of benzene rings is 1. The van der Waals surface area contributed by atoms with Crippen LogP contribution in [0.25, 0.3) is 0 Å². The Labute approximate surface area is 215 Å². The minimum atomic E-state index is 0. The summed E-state index contributed by atoms with van der Waals surface area (Å²) in [6.45, 7) is 7.58. The number of nitrogens with zero attached hydrogens (tertiary/aromatic N) is 1. The van der Waals surface area contributed by atoms with Crippen molar-refractivity contribution < 1.29 is 14.3 Å². The Balaban J connectivity index is 0.00000385. The number of carbonyl (C=O) groups excluding carboxylic acids is 1. The van der Waals surface area contributed by atoms with Gasteiger partial charge >= 0.3 is 0 Å². The SMILES string of the molecule is CCNC(=NCc1cccc(NC(=O)C2CCCC2)c1)NCCCOCC1CCOCC1.I. The van der Waals surface area contributed by atoms with Crippen LogP contribution < -0.4 is 16.0 Å². The predicted molar refractivity (Wildman–Crippen MR) is 144 cm³/mol. The highest BCUT2D eigenvalue weighted by atomic mass is 127. The molecule has 1 aromatic rings. The van der Waals surface area contributed by atoms with Crippen molar-refractivity contribution >= 4 is 41.5 Å². The van der Waals surface area contributed by atoms with Gasteiger partial charge in [-0.2, -0.15) is 0 Å². The fourth-order valence-corrected chi connectivity index (χ4v) is 4.24. The number of hydrogen-bond donors (Lipinski definition) is 3. The summed E-state index contributed by atoms with van der Waals surface area (Å²) in [5.41, 5.74) is 1.93. The Morgan fingerprint density at radius 3 is 2.70 bits per heavy atom. The fourth-order valence-electron chi connectivity index (χ4n) is 4.24. The van der Waals surface area contributed by atoms with Crippen LogP contribution in [-0.4, -0.2) is 51.4 Å². The number of nitrogens with one attached hydrogen (secondary N) is 3. The van der Waals surface area contributed by atoms with Crippen molar-refractivity contribution in [3.05, 3.63) is 29.8 Å². The van der Waals surface area contributed by atoms with Crippen molar-refractivity contribution in [2.45, 2.75) is 58.4 Å². The number of hydrogen-bond acceptors (Lipinski definition) is 4. The molecule has 3 N–H and O–H groups in total. The maximum Gasteiger partial charge on any atom is 0.227 e. The maximum atomic E-state index is 12.4. The van der Waals surface area contributed by atoms with E-state index in [4.69, 9.17) is 14.5 Å². The first kappa shape index (κ1) is 27.9. The van der Waals surface area contributed by atoms with E-state index in [9.17, 15) is 4.79 Å². The van der Waals surface area contributed by atoms with Crippen molar-refractivity contribution in [2.75, 3.05) is 44.8 Å². The Morgan fingerprint density at radius 1 is 1.15 bits per heavy atom. The van der Waals surface area contributed by atoms with Crippen LogP contribution in [0.5, 0.6) is 0 Å². The molecule has 0 atom stereocenters. The topological polar surface area (TPSA) is 84.0 Å². The quantitative estimate of drug-likeness (QED) is 0.159. The monoisotopic (exact) mass is 572 g/mol. The van der Waals surface area contributed by atoms with Crippen LogP contribution in [0.15, 0.2) is 29.3 Å². The molecule has 1 saturated heterocycles. The van der Waals surface area contributed by atoms with Crippen LogP contribution in [0, 0.1) is 11.8 Å². The van der Waals surface area contributed by atoms with E-state index >= 15 is 0 Å². The molecule has 1 aliphatic heterocycles. The highest BCUT2D eigenvalue weighted by Crippen LogP contribution is 2.26. The average molecular weight is 573 g/mol. The molecule has 0 radical (unpaired) electrons. The van der Waals surface area contributed by atoms with Gasteiger partial charge in [0.1, 0.15) is 0 Å². The number of ether oxygens (including phenoxy) is 2. The minimum Gasteiger partial charge on any atom is -0.381 e. The lowest BCUT2D eigenvalue weighted by Gasteiger charge is -2.21. The average Bonchev–Trinajstić information content (AvgIpc) is 3.36. The first-order chi connectivity index (χ1) is 15.7. The summed E-state index contributed by atoms with van der Waals surface area (Å²) in [4.78, 5) is 17.1. The summed E-state index contributed by atoms with van der Waals surface area (Å²) in [7, 11) is 0. The number of guanidine groups is 1. The standard InChI is InChI=1S/C25H40N4O3.HI/c1-2-26-25(27-13-6-14-32-19-20-11-15-31-16-12-20)28-18-21-7-5-10-23(17-21)29-24(30)22-8-3-4-9-22;/h5,7,10,17,20,22H,2-4,6,8-9,11-16,18-19H2,1H3,(H,29,30)(H2,26,27,28);1H. The molecule has 0 bridgehead atoms. The summed E-state index contributed by atoms with van der Waals surface area (Å²) in [5, 5.41) is 9.75. The number of rotatable bonds is 11. The van der Waals surface area contributed by atoms with Crippen LogP contribution >= 0.6 is 24.0 Å². The summed E-state index contributed by atoms with van der Waals surface area (Å²) >= 11 is 0. The van der Waals surface area contributed by atoms with Gasteiger partial charge in [0, 0.05) is 51.1 Å². The largest absolute Gasteiger partial charge is 0.381 e. The Kier molecular flexibility index (Phi) is 13.7. The molecule has 1 amide bonds. The maximum absolute atomic E-state index is 12.4. The molecule has 1 aromatic carbocycles. The van der Waals surface area contributed by atoms with E-state index in [-0.39, 0.29) is 35.8 Å². The van der Waals surface area contributed by atoms with Gasteiger partial charge in [-0.15, -0.1) is 24.0 Å². The zero-order valence-electron chi connectivity index (χ0n) is 19.9. The van der Waals surface area contributed by atoms with Crippen molar-refractivity contribution in [3.63, 3.8) is 0 Å². The molecule has 7 nitrogen and oxygen atoms in total. The first-order valence-electron chi connectivity index (χ1n) is 12.3. The molecule has 8 heteroatoms. The molecular weight excluding hydrogens is 531 g/mol. The van der Waals surface area contributed by atoms with Crippen molar-refractivity contribution in [2.24, 2.45) is 16.8 Å². The summed E-state index contributed by atoms with van der Waals surface area (Å²) in [6.07, 6.45) is 7.50. The molecule has 0 spiro atoms. The normalized spacial score (nSPS) is 17.4. The van der Waals surface area contributed by atoms with Crippen LogP contribution in [0.1, 0.15) is 57.4 Å². The smallest absolute Gasteiger partial charge is 0.227 e. The molecule has 2 fully saturated rings. The highest BCUT2D eigenvalue weighted by molar-refractivity contribution is 14.0. The van der Waals surface area contributed by atoms with Gasteiger partial charge in [-0.25, -0.2) is 4.99 Å². The second-order valence-electron chi connectivity index (χ2n) is 8.78. The molecule has 1 aliphatic carbocycles. The number of carbonyl (C=O) groups is 1. The van der Waals surface area contributed by atoms with E-state index in [1.165, 1.54) is 0 Å². The molecule has 1 heterocycles. The third-order valence-corrected chi connectivity index (χ3v) is 6.14. The number of anilines is 1. The van der Waals surface area contributed by atoms with Crippen molar-refractivity contribution in [3.8, 4) is 0 Å². The van der Waals surface area contributed by atoms with Crippen molar-refractivity contribution in [1.29, 1.82) is 0 Å². The van der Waals surface area contributed by atoms with Gasteiger partial charge in [0.05, 0.1) is 6.54 Å². The van der Waals surface area contributed by atoms with Crippen LogP contribution in [-0.2, 0) is 20.8 Å². The lowest BCUT2D eigenvalue weighted by atomic mass is 10.0. The third kappa shape index (κ3) is 10.6. The Morgan fingerprint density at radius 2 is 1.94 bits per heavy atom. The van der Waals surface area contributed by atoms with Crippen LogP contribution in [0.4, 0.5) is 5.69 Å². The second kappa shape index (κ2) is 16.3. The van der Waals surface area contributed by atoms with E-state index < -0.39 is 0 Å². The number of amides is 1. The van der Waals surface area contributed by atoms with Gasteiger partial charge in [0.25, 0.3) is 0 Å². The molecule has 33 heavy (non-hydrogen) atoms. The van der Waals surface area contributed by atoms with Gasteiger partial charge < -0.3 is 25.4 Å². The lowest BCUT2D eigenvalue weighted by molar-refractivity contribution is -0.119. The van der Waals surface area contributed by atoms with Gasteiger partial charge in [0.2, 0.25) is 5.91 Å². The third-order valence-electron chi connectivity index (χ3n) is 6.14. The van der Waals surface area contributed by atoms with E-state index in [1.54, 1.807) is 0 Å². The predicted octanol–water partition coefficient (Wildman–Crippen LogP) is 4.32. The van der Waals surface area contributed by atoms with E-state index in [2.05, 4.69) is 22.9 Å². The van der Waals surface area contributed by atoms with Crippen molar-refractivity contribution in [1.82, 2.24) is 10.6 Å². The fraction of sp³-hybridized carbons (Fsp3) is 0.680. The van der Waals surface area contributed by atoms with E-state index in [0.29, 0.717) is 12.5 Å². The molecule has 0 aromatic heterocycles. The van der Waals surface area contributed by atoms with Gasteiger partial charge in [0.15, 0.2) is 5.96 Å². The van der Waals surface area contributed by atoms with E-state index in [1.807, 2.05) is 24.3 Å². The summed E-state index contributed by atoms with van der Waals surface area (Å²) in [5.74, 6) is 1.77. The molecule has 1 saturated carbocycles. The lowest BCUT2D eigenvalue weighted by Crippen LogP contribution is -2.38. The Hall–Kier alpha value is -1.39. The molecule has 186 valence electrons. The van der Waals surface area contributed by atoms with Crippen LogP contribution in [0.3, 0.4) is 0 Å². The van der Waals surface area contributed by atoms with Gasteiger partial charge in [-0.05, 0) is 62.6 Å². The van der Waals surface area contributed by atoms with Crippen LogP contribution in [0.2, 0.25) is 0 Å². The zero-order valence-corrected chi connectivity index (χ0v) is 22.3. The summed E-state index contributed by atoms with van der Waals surface area (Å²) < 4.78 is 11.2. The Bertz CT molecular complexity index is 719. The molecule has 2 aliphatic rings. The molecule has 3 rings (SSSR count). The molecular formula is C25H41IN4O3. The van der Waals surface area contributed by atoms with Gasteiger partial charge in [-0.1, -0.05) is 25.0 Å². The number of aliphatic imine (C=N–C) groups is 1. The minimum absolute atomic E-state index is 0. The van der Waals surface area contributed by atoms with Gasteiger partial charge in [-0.3, -0.25) is 4.79 Å². The summed E-state index contributed by atoms with van der Waals surface area (Å²) in [6, 6.07) is 7.99. The second-order valence-corrected chi connectivity index (χ2v) is 8.78. The zero-order chi connectivity index (χ0) is 22.4. The number of halogens is 1.